The molecule has 0 radical (unpaired) electrons. The summed E-state index contributed by atoms with van der Waals surface area (Å²) in [5.41, 5.74) is 0.955. The van der Waals surface area contributed by atoms with E-state index < -0.39 is 11.4 Å². The molecule has 1 N–H and O–H groups in total. The number of carboxylic acid groups (broad SMARTS) is 1. The third kappa shape index (κ3) is 2.23. The van der Waals surface area contributed by atoms with Crippen molar-refractivity contribution >= 4 is 5.97 Å². The summed E-state index contributed by atoms with van der Waals surface area (Å²) >= 11 is 0. The molecule has 1 aliphatic carbocycles. The number of aliphatic carboxylic acids is 1. The molecular weight excluding hydrogens is 256 g/mol. The number of carboxylic acids is 1. The number of methoxy groups -OCH3 is 2. The summed E-state index contributed by atoms with van der Waals surface area (Å²) in [6.45, 7) is 2.04. The lowest BCUT2D eigenvalue weighted by atomic mass is 9.78. The van der Waals surface area contributed by atoms with Crippen LogP contribution in [0.5, 0.6) is 11.5 Å². The number of hydrogen-bond donors (Lipinski definition) is 1. The molecule has 4 nitrogen and oxygen atoms in total. The first-order valence-corrected chi connectivity index (χ1v) is 7.07. The van der Waals surface area contributed by atoms with E-state index in [2.05, 4.69) is 0 Å². The van der Waals surface area contributed by atoms with Crippen molar-refractivity contribution in [2.24, 2.45) is 0 Å². The fourth-order valence-corrected chi connectivity index (χ4v) is 3.19. The zero-order valence-corrected chi connectivity index (χ0v) is 12.4. The van der Waals surface area contributed by atoms with Crippen LogP contribution in [-0.2, 0) is 16.6 Å². The Labute approximate surface area is 119 Å². The van der Waals surface area contributed by atoms with Gasteiger partial charge in [0.2, 0.25) is 0 Å². The lowest BCUT2D eigenvalue weighted by molar-refractivity contribution is -0.143. The number of carbonyl (C=O) groups is 1. The number of hydrogen-bond acceptors (Lipinski definition) is 3. The van der Waals surface area contributed by atoms with Gasteiger partial charge < -0.3 is 14.6 Å². The maximum atomic E-state index is 11.8. The quantitative estimate of drug-likeness (QED) is 0.899. The van der Waals surface area contributed by atoms with Crippen LogP contribution in [0.1, 0.15) is 43.7 Å². The first-order chi connectivity index (χ1) is 9.58. The summed E-state index contributed by atoms with van der Waals surface area (Å²) < 4.78 is 10.9. The molecule has 2 rings (SSSR count). The molecule has 0 unspecified atom stereocenters. The molecule has 1 aliphatic rings. The van der Waals surface area contributed by atoms with Gasteiger partial charge in [-0.15, -0.1) is 0 Å². The Morgan fingerprint density at radius 3 is 2.25 bits per heavy atom. The molecule has 0 spiro atoms. The Balaban J connectivity index is 2.62. The highest BCUT2D eigenvalue weighted by atomic mass is 16.5. The van der Waals surface area contributed by atoms with Gasteiger partial charge in [0.15, 0.2) is 0 Å². The van der Waals surface area contributed by atoms with E-state index in [0.717, 1.165) is 36.1 Å². The van der Waals surface area contributed by atoms with Crippen LogP contribution in [0.25, 0.3) is 0 Å². The van der Waals surface area contributed by atoms with Crippen LogP contribution in [0.15, 0.2) is 12.1 Å². The van der Waals surface area contributed by atoms with Gasteiger partial charge in [-0.2, -0.15) is 0 Å². The molecule has 1 saturated carbocycles. The highest BCUT2D eigenvalue weighted by Crippen LogP contribution is 2.47. The minimum Gasteiger partial charge on any atom is -0.496 e. The van der Waals surface area contributed by atoms with E-state index in [-0.39, 0.29) is 0 Å². The van der Waals surface area contributed by atoms with Gasteiger partial charge in [0.25, 0.3) is 0 Å². The Morgan fingerprint density at radius 2 is 1.80 bits per heavy atom. The van der Waals surface area contributed by atoms with Gasteiger partial charge in [0.05, 0.1) is 19.6 Å². The lowest BCUT2D eigenvalue weighted by Crippen LogP contribution is -2.33. The van der Waals surface area contributed by atoms with Crippen molar-refractivity contribution in [1.29, 1.82) is 0 Å². The molecular formula is C16H22O4. The van der Waals surface area contributed by atoms with Crippen LogP contribution >= 0.6 is 0 Å². The van der Waals surface area contributed by atoms with Gasteiger partial charge in [-0.05, 0) is 37.0 Å². The van der Waals surface area contributed by atoms with Crippen LogP contribution in [-0.4, -0.2) is 25.3 Å². The molecule has 20 heavy (non-hydrogen) atoms. The van der Waals surface area contributed by atoms with Crippen molar-refractivity contribution in [1.82, 2.24) is 0 Å². The van der Waals surface area contributed by atoms with E-state index in [9.17, 15) is 9.90 Å². The van der Waals surface area contributed by atoms with E-state index in [1.165, 1.54) is 0 Å². The summed E-state index contributed by atoms with van der Waals surface area (Å²) in [5.74, 6) is 0.641. The van der Waals surface area contributed by atoms with Crippen molar-refractivity contribution in [2.75, 3.05) is 14.2 Å². The Hall–Kier alpha value is -1.71. The molecule has 0 atom stereocenters. The molecule has 0 amide bonds. The molecule has 0 heterocycles. The van der Waals surface area contributed by atoms with Gasteiger partial charge in [-0.3, -0.25) is 4.79 Å². The summed E-state index contributed by atoms with van der Waals surface area (Å²) in [7, 11) is 3.21. The normalized spacial score (nSPS) is 16.9. The predicted molar refractivity (Wildman–Crippen MR) is 76.7 cm³/mol. The number of aryl methyl sites for hydroxylation is 1. The zero-order valence-electron chi connectivity index (χ0n) is 12.4. The first-order valence-electron chi connectivity index (χ1n) is 7.07. The van der Waals surface area contributed by atoms with Crippen molar-refractivity contribution in [3.05, 3.63) is 23.3 Å². The van der Waals surface area contributed by atoms with E-state index in [1.807, 2.05) is 19.1 Å². The fourth-order valence-electron chi connectivity index (χ4n) is 3.19. The largest absolute Gasteiger partial charge is 0.496 e. The number of rotatable bonds is 5. The van der Waals surface area contributed by atoms with Crippen molar-refractivity contribution in [3.8, 4) is 11.5 Å². The average Bonchev–Trinajstić information content (AvgIpc) is 2.96. The van der Waals surface area contributed by atoms with Crippen molar-refractivity contribution in [3.63, 3.8) is 0 Å². The number of benzene rings is 1. The lowest BCUT2D eigenvalue weighted by Gasteiger charge is -2.27. The number of ether oxygens (including phenoxy) is 2. The van der Waals surface area contributed by atoms with Crippen LogP contribution in [0.3, 0.4) is 0 Å². The van der Waals surface area contributed by atoms with E-state index in [4.69, 9.17) is 9.47 Å². The SMILES string of the molecule is CCc1cc(OC)c(C2(C(=O)O)CCCC2)cc1OC. The molecule has 0 aliphatic heterocycles. The van der Waals surface area contributed by atoms with Crippen LogP contribution in [0.4, 0.5) is 0 Å². The molecule has 1 aromatic carbocycles. The second kappa shape index (κ2) is 5.73. The smallest absolute Gasteiger partial charge is 0.314 e. The van der Waals surface area contributed by atoms with E-state index in [1.54, 1.807) is 14.2 Å². The average molecular weight is 278 g/mol. The standard InChI is InChI=1S/C16H22O4/c1-4-11-9-14(20-3)12(10-13(11)19-2)16(15(17)18)7-5-6-8-16/h9-10H,4-8H2,1-3H3,(H,17,18). The van der Waals surface area contributed by atoms with Gasteiger partial charge in [-0.25, -0.2) is 0 Å². The maximum absolute atomic E-state index is 11.8. The minimum absolute atomic E-state index is 0.659. The van der Waals surface area contributed by atoms with E-state index in [0.29, 0.717) is 18.6 Å². The van der Waals surface area contributed by atoms with Gasteiger partial charge >= 0.3 is 5.97 Å². The molecule has 1 fully saturated rings. The van der Waals surface area contributed by atoms with Gasteiger partial charge in [-0.1, -0.05) is 19.8 Å². The van der Waals surface area contributed by atoms with Crippen molar-refractivity contribution < 1.29 is 19.4 Å². The molecule has 0 aromatic heterocycles. The summed E-state index contributed by atoms with van der Waals surface area (Å²) in [6.07, 6.45) is 4.02. The Kier molecular flexibility index (Phi) is 4.21. The first kappa shape index (κ1) is 14.7. The van der Waals surface area contributed by atoms with Crippen LogP contribution < -0.4 is 9.47 Å². The zero-order chi connectivity index (χ0) is 14.8. The second-order valence-electron chi connectivity index (χ2n) is 5.31. The van der Waals surface area contributed by atoms with Crippen LogP contribution in [0.2, 0.25) is 0 Å². The monoisotopic (exact) mass is 278 g/mol. The van der Waals surface area contributed by atoms with Gasteiger partial charge in [0.1, 0.15) is 11.5 Å². The van der Waals surface area contributed by atoms with Crippen LogP contribution in [0, 0.1) is 0 Å². The molecule has 0 bridgehead atoms. The predicted octanol–water partition coefficient (Wildman–Crippen LogP) is 3.16. The maximum Gasteiger partial charge on any atom is 0.314 e. The topological polar surface area (TPSA) is 55.8 Å². The second-order valence-corrected chi connectivity index (χ2v) is 5.31. The third-order valence-corrected chi connectivity index (χ3v) is 4.37. The Bertz CT molecular complexity index is 501. The van der Waals surface area contributed by atoms with E-state index >= 15 is 0 Å². The molecule has 4 heteroatoms. The van der Waals surface area contributed by atoms with Gasteiger partial charge in [0, 0.05) is 5.56 Å². The minimum atomic E-state index is -0.828. The summed E-state index contributed by atoms with van der Waals surface area (Å²) in [5, 5.41) is 9.73. The fraction of sp³-hybridized carbons (Fsp3) is 0.562. The highest BCUT2D eigenvalue weighted by molar-refractivity contribution is 5.83. The summed E-state index contributed by atoms with van der Waals surface area (Å²) in [6, 6.07) is 3.77. The third-order valence-electron chi connectivity index (χ3n) is 4.37. The Morgan fingerprint density at radius 1 is 1.20 bits per heavy atom. The molecule has 0 saturated heterocycles. The molecule has 1 aromatic rings. The molecule has 110 valence electrons. The van der Waals surface area contributed by atoms with Crippen molar-refractivity contribution in [2.45, 2.75) is 44.4 Å². The summed E-state index contributed by atoms with van der Waals surface area (Å²) in [4.78, 5) is 11.8. The highest BCUT2D eigenvalue weighted by Gasteiger charge is 2.45.